The summed E-state index contributed by atoms with van der Waals surface area (Å²) in [5, 5.41) is 6.32. The van der Waals surface area contributed by atoms with E-state index in [0.29, 0.717) is 69.7 Å². The Morgan fingerprint density at radius 3 is 1.44 bits per heavy atom. The van der Waals surface area contributed by atoms with E-state index in [2.05, 4.69) is 48.7 Å². The lowest BCUT2D eigenvalue weighted by Crippen LogP contribution is -2.56. The summed E-state index contributed by atoms with van der Waals surface area (Å²) in [7, 11) is 1.79. The lowest BCUT2D eigenvalue weighted by Gasteiger charge is -2.38. The molecule has 0 bridgehead atoms. The molecule has 12 nitrogen and oxygen atoms in total. The van der Waals surface area contributed by atoms with Crippen LogP contribution in [0.2, 0.25) is 0 Å². The number of nitrogens with one attached hydrogen (secondary N) is 2. The number of carbonyl (C=O) groups is 6. The zero-order valence-electron chi connectivity index (χ0n) is 49.0. The van der Waals surface area contributed by atoms with Crippen molar-refractivity contribution in [2.24, 2.45) is 35.5 Å². The van der Waals surface area contributed by atoms with Crippen LogP contribution in [0.25, 0.3) is 11.1 Å². The van der Waals surface area contributed by atoms with Crippen molar-refractivity contribution in [1.29, 1.82) is 0 Å². The van der Waals surface area contributed by atoms with Gasteiger partial charge in [-0.15, -0.1) is 0 Å². The quantitative estimate of drug-likeness (QED) is 0.0712. The number of Topliss-reactive ketones (excluding diaryl/α,β-unsaturated/α-hetero) is 1. The highest BCUT2D eigenvalue weighted by molar-refractivity contribution is 5.96. The summed E-state index contributed by atoms with van der Waals surface area (Å²) in [6.45, 7) is 13.2. The van der Waals surface area contributed by atoms with Crippen LogP contribution in [0.5, 0.6) is 0 Å². The van der Waals surface area contributed by atoms with Gasteiger partial charge >= 0.3 is 0 Å². The average Bonchev–Trinajstić information content (AvgIpc) is 4.07. The Hall–Kier alpha value is -6.14. The molecular weight excluding hydrogens is 997 g/mol. The number of likely N-dealkylation sites (tertiary alicyclic amines) is 2. The van der Waals surface area contributed by atoms with E-state index in [0.717, 1.165) is 92.9 Å². The lowest BCUT2D eigenvalue weighted by molar-refractivity contribution is -0.142. The Balaban J connectivity index is 0.989. The fraction of sp³-hybridized carbons (Fsp3) is 0.559. The molecule has 0 unspecified atom stereocenters. The zero-order valence-corrected chi connectivity index (χ0v) is 49.0. The second-order valence-corrected chi connectivity index (χ2v) is 24.2. The zero-order chi connectivity index (χ0) is 56.7. The number of ketones is 1. The molecule has 430 valence electrons. The van der Waals surface area contributed by atoms with Crippen molar-refractivity contribution < 1.29 is 28.8 Å². The summed E-state index contributed by atoms with van der Waals surface area (Å²) in [5.41, 5.74) is 5.22. The van der Waals surface area contributed by atoms with Gasteiger partial charge in [0.25, 0.3) is 11.8 Å². The van der Waals surface area contributed by atoms with Crippen LogP contribution < -0.4 is 10.6 Å². The molecule has 4 aromatic carbocycles. The van der Waals surface area contributed by atoms with Gasteiger partial charge in [0.05, 0.1) is 18.1 Å². The number of carbonyl (C=O) groups excluding carboxylic acids is 6. The van der Waals surface area contributed by atoms with E-state index in [1.807, 2.05) is 125 Å². The van der Waals surface area contributed by atoms with Crippen LogP contribution in [0.1, 0.15) is 156 Å². The molecule has 4 aromatic rings. The topological polar surface area (TPSA) is 139 Å². The summed E-state index contributed by atoms with van der Waals surface area (Å²) < 4.78 is 0. The minimum absolute atomic E-state index is 0.0132. The van der Waals surface area contributed by atoms with E-state index in [4.69, 9.17) is 0 Å². The molecule has 0 spiro atoms. The maximum Gasteiger partial charge on any atom is 0.253 e. The highest BCUT2D eigenvalue weighted by Gasteiger charge is 2.44. The van der Waals surface area contributed by atoms with E-state index in [1.54, 1.807) is 7.05 Å². The molecule has 80 heavy (non-hydrogen) atoms. The van der Waals surface area contributed by atoms with Crippen molar-refractivity contribution in [3.05, 3.63) is 131 Å². The smallest absolute Gasteiger partial charge is 0.253 e. The van der Waals surface area contributed by atoms with E-state index < -0.39 is 6.04 Å². The summed E-state index contributed by atoms with van der Waals surface area (Å²) in [4.78, 5) is 94.0. The van der Waals surface area contributed by atoms with E-state index in [1.165, 1.54) is 6.42 Å². The standard InChI is InChI=1S/C68H92N6O6/c1-7-47(2)64(76)70-63(56-26-18-11-19-27-56)68(80)74-43-37-49(4)61(74)46-72(41-39-52-22-14-9-15-23-52)66(78)58-34-30-54(31-35-58)53-28-32-57(33-29-53)65(77)71(40-38-51-20-12-8-13-21-51)45-60-48(3)36-42-73(60)67(79)59(44-62(75)50(5)69-6)55-24-16-10-17-25-55/h8-9,12-15,20-23,28-35,47-50,55-56,59-61,63,69H,7,10-11,16-19,24-27,36-46H2,1-6H3,(H,70,76)/t47-,48+,49+,50+,59+,60-,61-,63+/m1/s1. The summed E-state index contributed by atoms with van der Waals surface area (Å²) in [6.07, 6.45) is 14.3. The third kappa shape index (κ3) is 15.2. The van der Waals surface area contributed by atoms with Crippen molar-refractivity contribution in [2.45, 2.75) is 162 Å². The molecule has 2 saturated carbocycles. The molecule has 12 heteroatoms. The normalized spacial score (nSPS) is 21.3. The van der Waals surface area contributed by atoms with E-state index in [9.17, 15) is 28.8 Å². The van der Waals surface area contributed by atoms with Crippen LogP contribution in [0.15, 0.2) is 109 Å². The predicted octanol–water partition coefficient (Wildman–Crippen LogP) is 11.1. The molecule has 4 aliphatic rings. The minimum Gasteiger partial charge on any atom is -0.344 e. The first-order chi connectivity index (χ1) is 38.7. The highest BCUT2D eigenvalue weighted by atomic mass is 16.2. The van der Waals surface area contributed by atoms with Gasteiger partial charge in [0.1, 0.15) is 11.8 Å². The number of benzene rings is 4. The van der Waals surface area contributed by atoms with Gasteiger partial charge in [-0.05, 0) is 142 Å². The fourth-order valence-corrected chi connectivity index (χ4v) is 13.2. The molecule has 2 heterocycles. The van der Waals surface area contributed by atoms with Crippen molar-refractivity contribution >= 4 is 35.3 Å². The number of nitrogens with zero attached hydrogens (tertiary/aromatic N) is 4. The molecule has 2 N–H and O–H groups in total. The molecule has 4 fully saturated rings. The number of rotatable bonds is 24. The fourth-order valence-electron chi connectivity index (χ4n) is 13.2. The van der Waals surface area contributed by atoms with Crippen molar-refractivity contribution in [3.8, 4) is 11.1 Å². The van der Waals surface area contributed by atoms with Crippen molar-refractivity contribution in [1.82, 2.24) is 30.2 Å². The van der Waals surface area contributed by atoms with Gasteiger partial charge in [-0.25, -0.2) is 0 Å². The minimum atomic E-state index is -0.568. The van der Waals surface area contributed by atoms with Gasteiger partial charge in [-0.1, -0.05) is 151 Å². The third-order valence-electron chi connectivity index (χ3n) is 19.0. The second kappa shape index (κ2) is 29.0. The van der Waals surface area contributed by atoms with Gasteiger partial charge in [-0.3, -0.25) is 28.8 Å². The maximum absolute atomic E-state index is 14.8. The lowest BCUT2D eigenvalue weighted by atomic mass is 9.76. The molecule has 0 radical (unpaired) electrons. The SMILES string of the molecule is CC[C@@H](C)C(=O)N[C@H](C(=O)N1CC[C@H](C)[C@H]1CN(CCc1ccccc1)C(=O)c1ccc(-c2ccc(C(=O)N(CCc3ccccc3)C[C@@H]3[C@@H](C)CCN3C(=O)[C@@H](CC(=O)[C@H](C)NC)C3CCCCC3)cc2)cc1)C1CCCCC1. The second-order valence-electron chi connectivity index (χ2n) is 24.2. The Bertz CT molecular complexity index is 2470. The number of hydrogen-bond acceptors (Lipinski definition) is 7. The van der Waals surface area contributed by atoms with Gasteiger partial charge in [0.15, 0.2) is 0 Å². The van der Waals surface area contributed by atoms with Gasteiger partial charge in [0, 0.05) is 68.7 Å². The van der Waals surface area contributed by atoms with Crippen LogP contribution >= 0.6 is 0 Å². The first-order valence-corrected chi connectivity index (χ1v) is 30.7. The highest BCUT2D eigenvalue weighted by Crippen LogP contribution is 2.37. The van der Waals surface area contributed by atoms with Crippen LogP contribution in [0.4, 0.5) is 0 Å². The Morgan fingerprint density at radius 2 is 1.00 bits per heavy atom. The van der Waals surface area contributed by atoms with Crippen molar-refractivity contribution in [2.75, 3.05) is 46.3 Å². The van der Waals surface area contributed by atoms with Gasteiger partial charge < -0.3 is 30.2 Å². The number of hydrogen-bond donors (Lipinski definition) is 2. The number of amides is 5. The van der Waals surface area contributed by atoms with Crippen LogP contribution in [0.3, 0.4) is 0 Å². The van der Waals surface area contributed by atoms with Crippen LogP contribution in [0, 0.1) is 35.5 Å². The van der Waals surface area contributed by atoms with Gasteiger partial charge in [0.2, 0.25) is 17.7 Å². The average molecular weight is 1090 g/mol. The Labute approximate surface area is 478 Å². The number of likely N-dealkylation sites (N-methyl/N-ethyl adjacent to an activating group) is 1. The van der Waals surface area contributed by atoms with Crippen LogP contribution in [-0.2, 0) is 32.0 Å². The Kier molecular flexibility index (Phi) is 21.8. The first kappa shape index (κ1) is 60.0. The molecule has 8 atom stereocenters. The molecule has 2 aliphatic carbocycles. The van der Waals surface area contributed by atoms with E-state index in [-0.39, 0.29) is 95.4 Å². The molecule has 2 saturated heterocycles. The first-order valence-electron chi connectivity index (χ1n) is 30.7. The molecule has 5 amide bonds. The maximum atomic E-state index is 14.8. The molecule has 8 rings (SSSR count). The Morgan fingerprint density at radius 1 is 0.562 bits per heavy atom. The summed E-state index contributed by atoms with van der Waals surface area (Å²) >= 11 is 0. The van der Waals surface area contributed by atoms with Crippen molar-refractivity contribution in [3.63, 3.8) is 0 Å². The summed E-state index contributed by atoms with van der Waals surface area (Å²) in [5.74, 6) is -0.0227. The van der Waals surface area contributed by atoms with Crippen LogP contribution in [-0.4, -0.2) is 125 Å². The molecule has 0 aromatic heterocycles. The largest absolute Gasteiger partial charge is 0.344 e. The predicted molar refractivity (Wildman–Crippen MR) is 319 cm³/mol. The van der Waals surface area contributed by atoms with Gasteiger partial charge in [-0.2, -0.15) is 0 Å². The monoisotopic (exact) mass is 1090 g/mol. The molecule has 2 aliphatic heterocycles. The van der Waals surface area contributed by atoms with E-state index >= 15 is 0 Å². The third-order valence-corrected chi connectivity index (χ3v) is 19.0. The summed E-state index contributed by atoms with van der Waals surface area (Å²) in [6, 6.07) is 34.6. The molecular formula is C68H92N6O6.